The molecule has 1 heterocycles. The monoisotopic (exact) mass is 494 g/mol. The number of carbonyl (C=O) groups excluding carboxylic acids is 2. The van der Waals surface area contributed by atoms with Crippen LogP contribution >= 0.6 is 0 Å². The summed E-state index contributed by atoms with van der Waals surface area (Å²) in [7, 11) is 0. The predicted octanol–water partition coefficient (Wildman–Crippen LogP) is 7.28. The third-order valence-electron chi connectivity index (χ3n) is 6.03. The van der Waals surface area contributed by atoms with Crippen LogP contribution in [0.3, 0.4) is 0 Å². The van der Waals surface area contributed by atoms with Crippen LogP contribution in [0.4, 0.5) is 0 Å². The van der Waals surface area contributed by atoms with Gasteiger partial charge in [0.1, 0.15) is 17.1 Å². The van der Waals surface area contributed by atoms with E-state index < -0.39 is 5.60 Å². The fraction of sp³-hybridized carbons (Fsp3) is 0.281. The number of unbranched alkanes of at least 4 members (excludes halogenated alkanes) is 1. The maximum atomic E-state index is 13.3. The highest BCUT2D eigenvalue weighted by molar-refractivity contribution is 6.14. The average Bonchev–Trinajstić information content (AvgIpc) is 3.16. The van der Waals surface area contributed by atoms with Gasteiger partial charge in [-0.25, -0.2) is 9.79 Å². The van der Waals surface area contributed by atoms with Gasteiger partial charge in [0.2, 0.25) is 0 Å². The van der Waals surface area contributed by atoms with Crippen LogP contribution in [-0.4, -0.2) is 28.2 Å². The molecule has 0 aliphatic carbocycles. The Hall–Kier alpha value is -3.99. The van der Waals surface area contributed by atoms with Gasteiger partial charge in [-0.15, -0.1) is 0 Å². The molecule has 0 atom stereocenters. The first-order chi connectivity index (χ1) is 17.7. The Kier molecular flexibility index (Phi) is 8.02. The minimum Gasteiger partial charge on any atom is -0.456 e. The van der Waals surface area contributed by atoms with Crippen molar-refractivity contribution < 1.29 is 14.3 Å². The molecule has 190 valence electrons. The van der Waals surface area contributed by atoms with Crippen LogP contribution in [0.25, 0.3) is 17.2 Å². The number of nitrogens with zero attached hydrogens (tertiary/aromatic N) is 2. The van der Waals surface area contributed by atoms with E-state index in [-0.39, 0.29) is 11.9 Å². The van der Waals surface area contributed by atoms with Crippen molar-refractivity contribution in [3.05, 3.63) is 101 Å². The first-order valence-corrected chi connectivity index (χ1v) is 12.8. The van der Waals surface area contributed by atoms with E-state index in [1.165, 1.54) is 0 Å². The molecule has 3 aromatic rings. The maximum Gasteiger partial charge on any atom is 0.339 e. The summed E-state index contributed by atoms with van der Waals surface area (Å²) in [5.74, 6) is 0.395. The van der Waals surface area contributed by atoms with E-state index >= 15 is 0 Å². The van der Waals surface area contributed by atoms with Gasteiger partial charge in [0, 0.05) is 6.42 Å². The molecular weight excluding hydrogens is 460 g/mol. The molecular formula is C32H34N2O3. The molecule has 0 bridgehead atoms. The lowest BCUT2D eigenvalue weighted by Gasteiger charge is -2.21. The summed E-state index contributed by atoms with van der Waals surface area (Å²) in [5, 5.41) is 0. The van der Waals surface area contributed by atoms with Crippen molar-refractivity contribution in [3.8, 4) is 11.1 Å². The molecule has 1 amide bonds. The summed E-state index contributed by atoms with van der Waals surface area (Å²) in [6.07, 6.45) is 4.62. The zero-order chi connectivity index (χ0) is 26.4. The molecule has 37 heavy (non-hydrogen) atoms. The Morgan fingerprint density at radius 3 is 2.30 bits per heavy atom. The van der Waals surface area contributed by atoms with Gasteiger partial charge < -0.3 is 4.74 Å². The molecule has 0 saturated carbocycles. The number of amidine groups is 1. The van der Waals surface area contributed by atoms with Crippen molar-refractivity contribution in [2.24, 2.45) is 4.99 Å². The van der Waals surface area contributed by atoms with Crippen LogP contribution in [0.1, 0.15) is 68.4 Å². The van der Waals surface area contributed by atoms with E-state index in [0.29, 0.717) is 17.8 Å². The Labute approximate surface area is 219 Å². The third-order valence-corrected chi connectivity index (χ3v) is 6.03. The molecule has 4 rings (SSSR count). The summed E-state index contributed by atoms with van der Waals surface area (Å²) in [6, 6.07) is 25.3. The second-order valence-electron chi connectivity index (χ2n) is 10.2. The topological polar surface area (TPSA) is 59.0 Å². The van der Waals surface area contributed by atoms with Gasteiger partial charge in [0.05, 0.1) is 12.1 Å². The zero-order valence-electron chi connectivity index (χ0n) is 22.0. The van der Waals surface area contributed by atoms with E-state index in [1.807, 2.05) is 99.6 Å². The fourth-order valence-corrected chi connectivity index (χ4v) is 4.21. The lowest BCUT2D eigenvalue weighted by molar-refractivity contribution is -0.123. The summed E-state index contributed by atoms with van der Waals surface area (Å²) in [6.45, 7) is 8.17. The summed E-state index contributed by atoms with van der Waals surface area (Å²) >= 11 is 0. The summed E-state index contributed by atoms with van der Waals surface area (Å²) in [4.78, 5) is 32.6. The van der Waals surface area contributed by atoms with Crippen molar-refractivity contribution in [2.45, 2.75) is 59.1 Å². The summed E-state index contributed by atoms with van der Waals surface area (Å²) in [5.41, 5.74) is 4.13. The van der Waals surface area contributed by atoms with Gasteiger partial charge in [0.15, 0.2) is 0 Å². The summed E-state index contributed by atoms with van der Waals surface area (Å²) < 4.78 is 5.61. The molecule has 3 aromatic carbocycles. The van der Waals surface area contributed by atoms with E-state index in [1.54, 1.807) is 11.0 Å². The van der Waals surface area contributed by atoms with Crippen LogP contribution in [0.5, 0.6) is 0 Å². The molecule has 0 saturated heterocycles. The molecule has 0 unspecified atom stereocenters. The Morgan fingerprint density at radius 1 is 0.946 bits per heavy atom. The molecule has 5 nitrogen and oxygen atoms in total. The standard InChI is InChI=1S/C32H34N2O3/c1-5-6-16-29-33-28(21-23-12-8-7-9-13-23)30(35)34(29)22-24-17-19-25(20-18-24)26-14-10-11-15-27(26)31(36)37-32(2,3)4/h7-15,17-21H,5-6,16,22H2,1-4H3. The highest BCUT2D eigenvalue weighted by Crippen LogP contribution is 2.28. The minimum atomic E-state index is -0.568. The van der Waals surface area contributed by atoms with Crippen LogP contribution < -0.4 is 0 Å². The zero-order valence-corrected chi connectivity index (χ0v) is 22.0. The highest BCUT2D eigenvalue weighted by atomic mass is 16.6. The van der Waals surface area contributed by atoms with Crippen molar-refractivity contribution in [2.75, 3.05) is 0 Å². The predicted molar refractivity (Wildman–Crippen MR) is 149 cm³/mol. The number of ether oxygens (including phenoxy) is 1. The Morgan fingerprint density at radius 2 is 1.62 bits per heavy atom. The van der Waals surface area contributed by atoms with E-state index in [9.17, 15) is 9.59 Å². The molecule has 1 aliphatic rings. The minimum absolute atomic E-state index is 0.0747. The van der Waals surface area contributed by atoms with Gasteiger partial charge in [-0.2, -0.15) is 0 Å². The third kappa shape index (κ3) is 6.62. The Bertz CT molecular complexity index is 1320. The first-order valence-electron chi connectivity index (χ1n) is 12.8. The van der Waals surface area contributed by atoms with Gasteiger partial charge in [-0.1, -0.05) is 86.1 Å². The molecule has 0 N–H and O–H groups in total. The van der Waals surface area contributed by atoms with E-state index in [0.717, 1.165) is 47.4 Å². The number of hydrogen-bond acceptors (Lipinski definition) is 4. The Balaban J connectivity index is 1.55. The molecule has 1 aliphatic heterocycles. The average molecular weight is 495 g/mol. The smallest absolute Gasteiger partial charge is 0.339 e. The van der Waals surface area contributed by atoms with Crippen molar-refractivity contribution >= 4 is 23.8 Å². The van der Waals surface area contributed by atoms with Gasteiger partial charge in [-0.05, 0) is 61.6 Å². The number of rotatable bonds is 8. The number of esters is 1. The van der Waals surface area contributed by atoms with Gasteiger partial charge >= 0.3 is 5.97 Å². The largest absolute Gasteiger partial charge is 0.456 e. The molecule has 0 radical (unpaired) electrons. The maximum absolute atomic E-state index is 13.3. The van der Waals surface area contributed by atoms with Gasteiger partial charge in [0.25, 0.3) is 5.91 Å². The second kappa shape index (κ2) is 11.4. The quantitative estimate of drug-likeness (QED) is 0.244. The normalized spacial score (nSPS) is 14.7. The van der Waals surface area contributed by atoms with Crippen molar-refractivity contribution in [3.63, 3.8) is 0 Å². The fourth-order valence-electron chi connectivity index (χ4n) is 4.21. The number of hydrogen-bond donors (Lipinski definition) is 0. The lowest BCUT2D eigenvalue weighted by atomic mass is 9.98. The molecule has 0 spiro atoms. The number of carbonyl (C=O) groups is 2. The SMILES string of the molecule is CCCCC1=NC(=Cc2ccccc2)C(=O)N1Cc1ccc(-c2ccccc2C(=O)OC(C)(C)C)cc1. The van der Waals surface area contributed by atoms with Crippen LogP contribution in [-0.2, 0) is 16.1 Å². The number of aliphatic imine (C=N–C) groups is 1. The number of amides is 1. The van der Waals surface area contributed by atoms with E-state index in [2.05, 4.69) is 6.92 Å². The van der Waals surface area contributed by atoms with Crippen LogP contribution in [0.15, 0.2) is 89.6 Å². The molecule has 5 heteroatoms. The van der Waals surface area contributed by atoms with E-state index in [4.69, 9.17) is 9.73 Å². The number of benzene rings is 3. The molecule has 0 fully saturated rings. The van der Waals surface area contributed by atoms with Crippen molar-refractivity contribution in [1.29, 1.82) is 0 Å². The molecule has 0 aromatic heterocycles. The highest BCUT2D eigenvalue weighted by Gasteiger charge is 2.29. The van der Waals surface area contributed by atoms with Gasteiger partial charge in [-0.3, -0.25) is 9.69 Å². The lowest BCUT2D eigenvalue weighted by Crippen LogP contribution is -2.31. The first kappa shape index (κ1) is 26.1. The van der Waals surface area contributed by atoms with Crippen LogP contribution in [0.2, 0.25) is 0 Å². The second-order valence-corrected chi connectivity index (χ2v) is 10.2. The van der Waals surface area contributed by atoms with Crippen LogP contribution in [0, 0.1) is 0 Å². The van der Waals surface area contributed by atoms with Crippen molar-refractivity contribution in [1.82, 2.24) is 4.90 Å².